The van der Waals surface area contributed by atoms with Crippen molar-refractivity contribution in [1.29, 1.82) is 0 Å². The summed E-state index contributed by atoms with van der Waals surface area (Å²) in [5.74, 6) is 0. The molecule has 0 saturated heterocycles. The van der Waals surface area contributed by atoms with E-state index in [1.165, 1.54) is 6.07 Å². The highest BCUT2D eigenvalue weighted by Crippen LogP contribution is 2.34. The Hall–Kier alpha value is -1.29. The van der Waals surface area contributed by atoms with Gasteiger partial charge in [-0.05, 0) is 30.5 Å². The van der Waals surface area contributed by atoms with Crippen LogP contribution in [0.3, 0.4) is 0 Å². The number of alkyl halides is 3. The topological polar surface area (TPSA) is 26.0 Å². The van der Waals surface area contributed by atoms with Gasteiger partial charge < -0.3 is 5.73 Å². The lowest BCUT2D eigenvalue weighted by molar-refractivity contribution is -0.137. The Labute approximate surface area is 91.8 Å². The molecule has 0 atom stereocenters. The predicted octanol–water partition coefficient (Wildman–Crippen LogP) is 3.21. The van der Waals surface area contributed by atoms with Crippen LogP contribution in [0.1, 0.15) is 24.0 Å². The normalized spacial score (nSPS) is 19.0. The molecule has 0 aliphatic heterocycles. The van der Waals surface area contributed by atoms with Gasteiger partial charge in [0.1, 0.15) is 0 Å². The standard InChI is InChI=1S/C12H12F3N/c13-12(14,15)10-3-1-2-9(8-10)4-5-11(16)6-7-11/h1-5,8H,6-7,16H2/b5-4+. The first-order chi connectivity index (χ1) is 7.39. The summed E-state index contributed by atoms with van der Waals surface area (Å²) in [6.45, 7) is 0. The molecule has 0 spiro atoms. The first-order valence-corrected chi connectivity index (χ1v) is 5.04. The molecule has 16 heavy (non-hydrogen) atoms. The van der Waals surface area contributed by atoms with Crippen molar-refractivity contribution in [1.82, 2.24) is 0 Å². The van der Waals surface area contributed by atoms with Gasteiger partial charge in [0.2, 0.25) is 0 Å². The third kappa shape index (κ3) is 2.64. The number of halogens is 3. The van der Waals surface area contributed by atoms with Crippen molar-refractivity contribution in [3.05, 3.63) is 41.5 Å². The number of hydrogen-bond donors (Lipinski definition) is 1. The van der Waals surface area contributed by atoms with Gasteiger partial charge in [0, 0.05) is 5.54 Å². The van der Waals surface area contributed by atoms with Crippen molar-refractivity contribution in [2.24, 2.45) is 5.73 Å². The minimum Gasteiger partial charge on any atom is -0.322 e. The monoisotopic (exact) mass is 227 g/mol. The summed E-state index contributed by atoms with van der Waals surface area (Å²) in [5.41, 5.74) is 5.43. The summed E-state index contributed by atoms with van der Waals surface area (Å²) >= 11 is 0. The summed E-state index contributed by atoms with van der Waals surface area (Å²) in [4.78, 5) is 0. The first-order valence-electron chi connectivity index (χ1n) is 5.04. The molecule has 1 fully saturated rings. The van der Waals surface area contributed by atoms with Gasteiger partial charge in [-0.25, -0.2) is 0 Å². The van der Waals surface area contributed by atoms with Crippen LogP contribution in [0.2, 0.25) is 0 Å². The summed E-state index contributed by atoms with van der Waals surface area (Å²) in [6, 6.07) is 5.23. The Morgan fingerprint density at radius 2 is 1.94 bits per heavy atom. The Balaban J connectivity index is 2.19. The van der Waals surface area contributed by atoms with Crippen molar-refractivity contribution in [3.8, 4) is 0 Å². The molecule has 0 bridgehead atoms. The zero-order valence-corrected chi connectivity index (χ0v) is 8.59. The van der Waals surface area contributed by atoms with Crippen molar-refractivity contribution in [2.75, 3.05) is 0 Å². The second kappa shape index (κ2) is 3.63. The fourth-order valence-corrected chi connectivity index (χ4v) is 1.39. The molecule has 2 rings (SSSR count). The largest absolute Gasteiger partial charge is 0.416 e. The van der Waals surface area contributed by atoms with Crippen LogP contribution >= 0.6 is 0 Å². The number of nitrogens with two attached hydrogens (primary N) is 1. The summed E-state index contributed by atoms with van der Waals surface area (Å²) in [7, 11) is 0. The van der Waals surface area contributed by atoms with E-state index in [0.29, 0.717) is 5.56 Å². The molecule has 1 aliphatic rings. The summed E-state index contributed by atoms with van der Waals surface area (Å²) < 4.78 is 37.2. The Morgan fingerprint density at radius 3 is 2.50 bits per heavy atom. The molecule has 0 unspecified atom stereocenters. The third-order valence-electron chi connectivity index (χ3n) is 2.65. The highest BCUT2D eigenvalue weighted by atomic mass is 19.4. The van der Waals surface area contributed by atoms with Crippen LogP contribution in [-0.4, -0.2) is 5.54 Å². The average Bonchev–Trinajstić information content (AvgIpc) is 2.94. The Bertz CT molecular complexity index is 417. The van der Waals surface area contributed by atoms with Gasteiger partial charge in [-0.2, -0.15) is 13.2 Å². The maximum Gasteiger partial charge on any atom is 0.416 e. The van der Waals surface area contributed by atoms with E-state index in [1.54, 1.807) is 18.2 Å². The fourth-order valence-electron chi connectivity index (χ4n) is 1.39. The van der Waals surface area contributed by atoms with E-state index in [-0.39, 0.29) is 5.54 Å². The molecule has 4 heteroatoms. The minimum atomic E-state index is -4.29. The van der Waals surface area contributed by atoms with Gasteiger partial charge in [-0.3, -0.25) is 0 Å². The molecular formula is C12H12F3N. The molecule has 1 nitrogen and oxygen atoms in total. The van der Waals surface area contributed by atoms with Crippen LogP contribution in [0.25, 0.3) is 6.08 Å². The van der Waals surface area contributed by atoms with Gasteiger partial charge in [-0.15, -0.1) is 0 Å². The number of hydrogen-bond acceptors (Lipinski definition) is 1. The Kier molecular flexibility index (Phi) is 2.54. The molecule has 0 heterocycles. The SMILES string of the molecule is NC1(/C=C/c2cccc(C(F)(F)F)c2)CC1. The highest BCUT2D eigenvalue weighted by Gasteiger charge is 2.35. The van der Waals surface area contributed by atoms with Crippen molar-refractivity contribution in [3.63, 3.8) is 0 Å². The van der Waals surface area contributed by atoms with E-state index >= 15 is 0 Å². The van der Waals surface area contributed by atoms with Crippen molar-refractivity contribution < 1.29 is 13.2 Å². The highest BCUT2D eigenvalue weighted by molar-refractivity contribution is 5.53. The molecule has 86 valence electrons. The second-order valence-electron chi connectivity index (χ2n) is 4.19. The van der Waals surface area contributed by atoms with Gasteiger partial charge >= 0.3 is 6.18 Å². The van der Waals surface area contributed by atoms with E-state index in [1.807, 2.05) is 0 Å². The van der Waals surface area contributed by atoms with Gasteiger partial charge in [-0.1, -0.05) is 24.3 Å². The van der Waals surface area contributed by atoms with E-state index in [2.05, 4.69) is 0 Å². The molecule has 1 aromatic carbocycles. The molecule has 1 aromatic rings. The molecule has 0 amide bonds. The van der Waals surface area contributed by atoms with Crippen molar-refractivity contribution in [2.45, 2.75) is 24.6 Å². The quantitative estimate of drug-likeness (QED) is 0.824. The predicted molar refractivity (Wildman–Crippen MR) is 56.6 cm³/mol. The molecular weight excluding hydrogens is 215 g/mol. The zero-order valence-electron chi connectivity index (χ0n) is 8.59. The van der Waals surface area contributed by atoms with E-state index in [0.717, 1.165) is 25.0 Å². The molecule has 1 saturated carbocycles. The van der Waals surface area contributed by atoms with Crippen molar-refractivity contribution >= 4 is 6.08 Å². The number of rotatable bonds is 2. The molecule has 2 N–H and O–H groups in total. The van der Waals surface area contributed by atoms with Crippen LogP contribution in [0.4, 0.5) is 13.2 Å². The van der Waals surface area contributed by atoms with Crippen LogP contribution < -0.4 is 5.73 Å². The molecule has 0 radical (unpaired) electrons. The number of benzene rings is 1. The Morgan fingerprint density at radius 1 is 1.25 bits per heavy atom. The maximum atomic E-state index is 12.4. The van der Waals surface area contributed by atoms with E-state index in [9.17, 15) is 13.2 Å². The van der Waals surface area contributed by atoms with Crippen LogP contribution in [-0.2, 0) is 6.18 Å². The zero-order chi connectivity index (χ0) is 11.8. The van der Waals surface area contributed by atoms with E-state index in [4.69, 9.17) is 5.73 Å². The lowest BCUT2D eigenvalue weighted by atomic mass is 10.1. The first kappa shape index (κ1) is 11.2. The molecule has 0 aromatic heterocycles. The van der Waals surface area contributed by atoms with Gasteiger partial charge in [0.25, 0.3) is 0 Å². The minimum absolute atomic E-state index is 0.283. The average molecular weight is 227 g/mol. The lowest BCUT2D eigenvalue weighted by Gasteiger charge is -2.07. The van der Waals surface area contributed by atoms with Crippen LogP contribution in [0, 0.1) is 0 Å². The van der Waals surface area contributed by atoms with Crippen LogP contribution in [0.15, 0.2) is 30.3 Å². The van der Waals surface area contributed by atoms with Crippen LogP contribution in [0.5, 0.6) is 0 Å². The maximum absolute atomic E-state index is 12.4. The summed E-state index contributed by atoms with van der Waals surface area (Å²) in [6.07, 6.45) is 0.958. The second-order valence-corrected chi connectivity index (χ2v) is 4.19. The fraction of sp³-hybridized carbons (Fsp3) is 0.333. The van der Waals surface area contributed by atoms with Gasteiger partial charge in [0.05, 0.1) is 5.56 Å². The summed E-state index contributed by atoms with van der Waals surface area (Å²) in [5, 5.41) is 0. The van der Waals surface area contributed by atoms with Gasteiger partial charge in [0.15, 0.2) is 0 Å². The third-order valence-corrected chi connectivity index (χ3v) is 2.65. The smallest absolute Gasteiger partial charge is 0.322 e. The lowest BCUT2D eigenvalue weighted by Crippen LogP contribution is -2.17. The molecule has 1 aliphatic carbocycles. The van der Waals surface area contributed by atoms with E-state index < -0.39 is 11.7 Å².